The SMILES string of the molecule is CC1CC=C(N(c2ccc(-c3ccc4ccc5oc6ccccc6c5c4c3)c(-c3ccccc3)c2)c2ccc3c(c2)oc2ccccc23)C(c2ccccc2)C1. The Morgan fingerprint density at radius 2 is 1.14 bits per heavy atom. The second-order valence-electron chi connectivity index (χ2n) is 15.4. The summed E-state index contributed by atoms with van der Waals surface area (Å²) in [7, 11) is 0. The van der Waals surface area contributed by atoms with Gasteiger partial charge >= 0.3 is 0 Å². The van der Waals surface area contributed by atoms with Crippen LogP contribution in [0.5, 0.6) is 0 Å². The first-order valence-corrected chi connectivity index (χ1v) is 19.7. The van der Waals surface area contributed by atoms with Crippen LogP contribution in [0.1, 0.15) is 31.2 Å². The highest BCUT2D eigenvalue weighted by Crippen LogP contribution is 2.47. The van der Waals surface area contributed by atoms with Crippen molar-refractivity contribution >= 4 is 66.0 Å². The van der Waals surface area contributed by atoms with Gasteiger partial charge in [-0.05, 0) is 106 Å². The summed E-state index contributed by atoms with van der Waals surface area (Å²) < 4.78 is 12.8. The molecule has 10 aromatic rings. The second-order valence-corrected chi connectivity index (χ2v) is 15.4. The van der Waals surface area contributed by atoms with Gasteiger partial charge in [0.1, 0.15) is 22.3 Å². The van der Waals surface area contributed by atoms with E-state index in [0.29, 0.717) is 5.92 Å². The fourth-order valence-electron chi connectivity index (χ4n) is 9.11. The summed E-state index contributed by atoms with van der Waals surface area (Å²) in [6, 6.07) is 63.4. The molecule has 0 saturated heterocycles. The van der Waals surface area contributed by atoms with Crippen LogP contribution in [0.4, 0.5) is 11.4 Å². The Kier molecular flexibility index (Phi) is 7.67. The van der Waals surface area contributed by atoms with Gasteiger partial charge in [0.15, 0.2) is 0 Å². The summed E-state index contributed by atoms with van der Waals surface area (Å²) in [6.45, 7) is 2.37. The monoisotopic (exact) mass is 721 g/mol. The van der Waals surface area contributed by atoms with E-state index in [1.54, 1.807) is 0 Å². The number of para-hydroxylation sites is 2. The second kappa shape index (κ2) is 13.2. The third-order valence-electron chi connectivity index (χ3n) is 11.8. The number of anilines is 2. The van der Waals surface area contributed by atoms with Gasteiger partial charge in [-0.1, -0.05) is 134 Å². The summed E-state index contributed by atoms with van der Waals surface area (Å²) in [5, 5.41) is 6.97. The summed E-state index contributed by atoms with van der Waals surface area (Å²) in [5.74, 6) is 0.816. The molecule has 0 fully saturated rings. The van der Waals surface area contributed by atoms with Gasteiger partial charge in [-0.3, -0.25) is 0 Å². The van der Waals surface area contributed by atoms with Crippen molar-refractivity contribution in [3.63, 3.8) is 0 Å². The third-order valence-corrected chi connectivity index (χ3v) is 11.8. The molecule has 0 bridgehead atoms. The topological polar surface area (TPSA) is 29.5 Å². The molecule has 3 nitrogen and oxygen atoms in total. The van der Waals surface area contributed by atoms with Crippen molar-refractivity contribution in [2.75, 3.05) is 4.90 Å². The van der Waals surface area contributed by atoms with Crippen LogP contribution in [0.15, 0.2) is 197 Å². The van der Waals surface area contributed by atoms with Gasteiger partial charge in [0.25, 0.3) is 0 Å². The van der Waals surface area contributed by atoms with Crippen molar-refractivity contribution in [1.82, 2.24) is 0 Å². The maximum absolute atomic E-state index is 6.50. The van der Waals surface area contributed by atoms with Crippen molar-refractivity contribution in [1.29, 1.82) is 0 Å². The summed E-state index contributed by atoms with van der Waals surface area (Å²) in [4.78, 5) is 2.49. The molecule has 0 radical (unpaired) electrons. The minimum Gasteiger partial charge on any atom is -0.456 e. The van der Waals surface area contributed by atoms with Crippen LogP contribution in [0.3, 0.4) is 0 Å². The quantitative estimate of drug-likeness (QED) is 0.171. The zero-order valence-corrected chi connectivity index (χ0v) is 31.2. The lowest BCUT2D eigenvalue weighted by Crippen LogP contribution is -2.26. The highest BCUT2D eigenvalue weighted by Gasteiger charge is 2.30. The Hall–Kier alpha value is -6.84. The van der Waals surface area contributed by atoms with E-state index >= 15 is 0 Å². The predicted octanol–water partition coefficient (Wildman–Crippen LogP) is 15.2. The molecular weight excluding hydrogens is 683 g/mol. The lowest BCUT2D eigenvalue weighted by atomic mass is 9.80. The van der Waals surface area contributed by atoms with Gasteiger partial charge in [-0.25, -0.2) is 0 Å². The van der Waals surface area contributed by atoms with E-state index < -0.39 is 0 Å². The van der Waals surface area contributed by atoms with E-state index in [1.165, 1.54) is 44.3 Å². The first-order valence-electron chi connectivity index (χ1n) is 19.7. The molecule has 56 heavy (non-hydrogen) atoms. The van der Waals surface area contributed by atoms with E-state index in [4.69, 9.17) is 8.83 Å². The number of furan rings is 2. The number of fused-ring (bicyclic) bond motifs is 8. The zero-order valence-electron chi connectivity index (χ0n) is 31.2. The van der Waals surface area contributed by atoms with Gasteiger partial charge in [-0.15, -0.1) is 0 Å². The van der Waals surface area contributed by atoms with Crippen molar-refractivity contribution in [2.45, 2.75) is 25.7 Å². The molecule has 0 aliphatic heterocycles. The normalized spacial score (nSPS) is 15.9. The average Bonchev–Trinajstić information content (AvgIpc) is 3.83. The van der Waals surface area contributed by atoms with E-state index in [9.17, 15) is 0 Å². The molecule has 2 heterocycles. The molecule has 0 N–H and O–H groups in total. The van der Waals surface area contributed by atoms with Crippen molar-refractivity contribution < 1.29 is 8.83 Å². The van der Waals surface area contributed by atoms with E-state index in [2.05, 4.69) is 182 Å². The van der Waals surface area contributed by atoms with Gasteiger partial charge in [-0.2, -0.15) is 0 Å². The minimum absolute atomic E-state index is 0.235. The number of hydrogen-bond donors (Lipinski definition) is 0. The largest absolute Gasteiger partial charge is 0.456 e. The lowest BCUT2D eigenvalue weighted by molar-refractivity contribution is 0.469. The van der Waals surface area contributed by atoms with Gasteiger partial charge in [0, 0.05) is 50.6 Å². The summed E-state index contributed by atoms with van der Waals surface area (Å²) in [5.41, 5.74) is 13.2. The highest BCUT2D eigenvalue weighted by atomic mass is 16.3. The van der Waals surface area contributed by atoms with Crippen LogP contribution in [0.25, 0.3) is 76.9 Å². The maximum atomic E-state index is 6.50. The summed E-state index contributed by atoms with van der Waals surface area (Å²) in [6.07, 6.45) is 4.59. The van der Waals surface area contributed by atoms with E-state index in [0.717, 1.165) is 68.1 Å². The van der Waals surface area contributed by atoms with Crippen LogP contribution >= 0.6 is 0 Å². The molecule has 268 valence electrons. The number of hydrogen-bond acceptors (Lipinski definition) is 3. The smallest absolute Gasteiger partial charge is 0.137 e. The molecule has 2 atom stereocenters. The van der Waals surface area contributed by atoms with Crippen molar-refractivity contribution in [3.05, 3.63) is 193 Å². The third kappa shape index (κ3) is 5.42. The van der Waals surface area contributed by atoms with Gasteiger partial charge < -0.3 is 13.7 Å². The fraction of sp³-hybridized carbons (Fsp3) is 0.0943. The predicted molar refractivity (Wildman–Crippen MR) is 234 cm³/mol. The Bertz CT molecular complexity index is 3110. The standard InChI is InChI=1S/C53H39NO2/c1-34-20-28-48(46(30-34)36-14-6-3-7-15-36)54(40-25-27-43-42-16-8-10-18-49(42)56-52(43)33-40)39-24-26-41(45(32-39)35-12-4-2-5-13-35)38-22-21-37-23-29-51-53(47(37)31-38)44-17-9-11-19-50(44)55-51/h2-19,21-29,31-34,46H,20,30H2,1H3. The maximum Gasteiger partial charge on any atom is 0.137 e. The molecule has 1 aliphatic carbocycles. The molecule has 2 unspecified atom stereocenters. The number of benzene rings is 8. The van der Waals surface area contributed by atoms with Crippen LogP contribution < -0.4 is 4.90 Å². The molecule has 8 aromatic carbocycles. The molecule has 0 saturated carbocycles. The van der Waals surface area contributed by atoms with Gasteiger partial charge in [0.2, 0.25) is 0 Å². The van der Waals surface area contributed by atoms with Crippen molar-refractivity contribution in [3.8, 4) is 22.3 Å². The van der Waals surface area contributed by atoms with Crippen LogP contribution in [-0.4, -0.2) is 0 Å². The highest BCUT2D eigenvalue weighted by molar-refractivity contribution is 6.19. The fourth-order valence-corrected chi connectivity index (χ4v) is 9.11. The first-order chi connectivity index (χ1) is 27.7. The first kappa shape index (κ1) is 32.6. The molecule has 2 aromatic heterocycles. The molecule has 0 spiro atoms. The van der Waals surface area contributed by atoms with E-state index in [-0.39, 0.29) is 5.92 Å². The Balaban J connectivity index is 1.13. The Morgan fingerprint density at radius 3 is 1.98 bits per heavy atom. The molecule has 11 rings (SSSR count). The van der Waals surface area contributed by atoms with Crippen LogP contribution in [-0.2, 0) is 0 Å². The lowest BCUT2D eigenvalue weighted by Gasteiger charge is -2.37. The zero-order chi connectivity index (χ0) is 37.2. The molecular formula is C53H39NO2. The summed E-state index contributed by atoms with van der Waals surface area (Å²) >= 11 is 0. The van der Waals surface area contributed by atoms with Crippen LogP contribution in [0.2, 0.25) is 0 Å². The Labute approximate surface area is 325 Å². The molecule has 1 aliphatic rings. The number of nitrogens with zero attached hydrogens (tertiary/aromatic N) is 1. The number of allylic oxidation sites excluding steroid dienone is 2. The van der Waals surface area contributed by atoms with Crippen molar-refractivity contribution in [2.24, 2.45) is 5.92 Å². The average molecular weight is 722 g/mol. The molecule has 3 heteroatoms. The molecule has 0 amide bonds. The number of rotatable bonds is 6. The van der Waals surface area contributed by atoms with E-state index in [1.807, 2.05) is 12.1 Å². The Morgan fingerprint density at radius 1 is 0.482 bits per heavy atom. The van der Waals surface area contributed by atoms with Gasteiger partial charge in [0.05, 0.1) is 0 Å². The van der Waals surface area contributed by atoms with Crippen LogP contribution in [0, 0.1) is 5.92 Å². The minimum atomic E-state index is 0.235.